The molecule has 1 aromatic carbocycles. The molecule has 94 valence electrons. The van der Waals surface area contributed by atoms with Gasteiger partial charge in [-0.25, -0.2) is 0 Å². The first-order valence-corrected chi connectivity index (χ1v) is 6.44. The molecular formula is C14H19BrO2. The molecule has 0 spiro atoms. The molecule has 0 unspecified atom stereocenters. The summed E-state index contributed by atoms with van der Waals surface area (Å²) in [5.41, 5.74) is 0.434. The zero-order valence-corrected chi connectivity index (χ0v) is 12.1. The fraction of sp³-hybridized carbons (Fsp3) is 0.429. The van der Waals surface area contributed by atoms with Crippen LogP contribution in [-0.2, 0) is 0 Å². The number of hydrogen-bond acceptors (Lipinski definition) is 2. The summed E-state index contributed by atoms with van der Waals surface area (Å²) in [7, 11) is 1.66. The second-order valence-electron chi connectivity index (χ2n) is 4.64. The van der Waals surface area contributed by atoms with Crippen molar-refractivity contribution in [1.82, 2.24) is 0 Å². The maximum Gasteiger partial charge on any atom is 0.126 e. The predicted octanol–water partition coefficient (Wildman–Crippen LogP) is 4.02. The van der Waals surface area contributed by atoms with E-state index in [-0.39, 0.29) is 0 Å². The molecule has 0 aliphatic rings. The highest BCUT2D eigenvalue weighted by molar-refractivity contribution is 9.10. The first-order chi connectivity index (χ1) is 7.92. The summed E-state index contributed by atoms with van der Waals surface area (Å²) in [6, 6.07) is 5.90. The van der Waals surface area contributed by atoms with Gasteiger partial charge in [-0.15, -0.1) is 0 Å². The van der Waals surface area contributed by atoms with Crippen molar-refractivity contribution < 1.29 is 9.84 Å². The maximum absolute atomic E-state index is 9.59. The third-order valence-electron chi connectivity index (χ3n) is 2.41. The molecule has 0 bridgehead atoms. The van der Waals surface area contributed by atoms with Crippen LogP contribution in [0.5, 0.6) is 5.75 Å². The van der Waals surface area contributed by atoms with Gasteiger partial charge in [-0.2, -0.15) is 0 Å². The normalized spacial score (nSPS) is 12.1. The Hall–Kier alpha value is -0.800. The molecule has 1 aromatic rings. The zero-order chi connectivity index (χ0) is 12.9. The van der Waals surface area contributed by atoms with E-state index < -0.39 is 5.60 Å². The van der Waals surface area contributed by atoms with Gasteiger partial charge in [0.15, 0.2) is 0 Å². The molecule has 0 aliphatic carbocycles. The van der Waals surface area contributed by atoms with E-state index in [0.717, 1.165) is 28.6 Å². The average Bonchev–Trinajstić information content (AvgIpc) is 2.23. The van der Waals surface area contributed by atoms with Gasteiger partial charge in [-0.3, -0.25) is 0 Å². The van der Waals surface area contributed by atoms with Crippen LogP contribution in [0, 0.1) is 0 Å². The zero-order valence-electron chi connectivity index (χ0n) is 10.5. The molecule has 0 amide bonds. The van der Waals surface area contributed by atoms with Crippen molar-refractivity contribution in [3.63, 3.8) is 0 Å². The van der Waals surface area contributed by atoms with Gasteiger partial charge in [0, 0.05) is 10.0 Å². The fourth-order valence-corrected chi connectivity index (χ4v) is 1.86. The molecule has 17 heavy (non-hydrogen) atoms. The van der Waals surface area contributed by atoms with Crippen LogP contribution in [0.25, 0.3) is 6.08 Å². The number of allylic oxidation sites excluding steroid dienone is 1. The summed E-state index contributed by atoms with van der Waals surface area (Å²) in [5, 5.41) is 9.59. The largest absolute Gasteiger partial charge is 0.496 e. The number of ether oxygens (including phenoxy) is 1. The number of aliphatic hydroxyl groups is 1. The number of hydrogen-bond donors (Lipinski definition) is 1. The minimum Gasteiger partial charge on any atom is -0.496 e. The number of methoxy groups -OCH3 is 1. The van der Waals surface area contributed by atoms with Gasteiger partial charge in [-0.1, -0.05) is 28.1 Å². The lowest BCUT2D eigenvalue weighted by atomic mass is 10.0. The molecule has 0 aromatic heterocycles. The van der Waals surface area contributed by atoms with E-state index in [1.165, 1.54) is 0 Å². The van der Waals surface area contributed by atoms with Gasteiger partial charge in [-0.05, 0) is 44.9 Å². The molecule has 0 radical (unpaired) electrons. The van der Waals surface area contributed by atoms with Crippen molar-refractivity contribution in [3.8, 4) is 5.75 Å². The Bertz CT molecular complexity index is 392. The van der Waals surface area contributed by atoms with Gasteiger partial charge in [0.1, 0.15) is 5.75 Å². The van der Waals surface area contributed by atoms with Crippen molar-refractivity contribution in [2.45, 2.75) is 32.3 Å². The SMILES string of the molecule is COc1ccc(Br)cc1/C=C/CCC(C)(C)O. The molecule has 0 saturated carbocycles. The number of rotatable bonds is 5. The maximum atomic E-state index is 9.59. The Kier molecular flexibility index (Phi) is 5.22. The lowest BCUT2D eigenvalue weighted by molar-refractivity contribution is 0.0722. The van der Waals surface area contributed by atoms with E-state index in [4.69, 9.17) is 4.74 Å². The molecule has 0 heterocycles. The quantitative estimate of drug-likeness (QED) is 0.889. The van der Waals surface area contributed by atoms with E-state index in [2.05, 4.69) is 22.0 Å². The number of halogens is 1. The summed E-state index contributed by atoms with van der Waals surface area (Å²) >= 11 is 3.44. The lowest BCUT2D eigenvalue weighted by Crippen LogP contribution is -2.17. The Balaban J connectivity index is 2.67. The highest BCUT2D eigenvalue weighted by atomic mass is 79.9. The van der Waals surface area contributed by atoms with Crippen LogP contribution in [0.2, 0.25) is 0 Å². The summed E-state index contributed by atoms with van der Waals surface area (Å²) in [6.45, 7) is 3.64. The monoisotopic (exact) mass is 298 g/mol. The Morgan fingerprint density at radius 3 is 2.71 bits per heavy atom. The first-order valence-electron chi connectivity index (χ1n) is 5.65. The molecule has 0 aliphatic heterocycles. The van der Waals surface area contributed by atoms with Gasteiger partial charge in [0.05, 0.1) is 12.7 Å². The van der Waals surface area contributed by atoms with Crippen LogP contribution >= 0.6 is 15.9 Å². The Morgan fingerprint density at radius 1 is 1.41 bits per heavy atom. The highest BCUT2D eigenvalue weighted by Crippen LogP contribution is 2.24. The predicted molar refractivity (Wildman–Crippen MR) is 75.3 cm³/mol. The van der Waals surface area contributed by atoms with E-state index in [1.54, 1.807) is 7.11 Å². The van der Waals surface area contributed by atoms with Crippen molar-refractivity contribution in [3.05, 3.63) is 34.3 Å². The summed E-state index contributed by atoms with van der Waals surface area (Å²) < 4.78 is 6.31. The second kappa shape index (κ2) is 6.22. The minimum absolute atomic E-state index is 0.605. The number of benzene rings is 1. The topological polar surface area (TPSA) is 29.5 Å². The Labute approximate surface area is 111 Å². The lowest BCUT2D eigenvalue weighted by Gasteiger charge is -2.14. The smallest absolute Gasteiger partial charge is 0.126 e. The van der Waals surface area contributed by atoms with Crippen LogP contribution in [-0.4, -0.2) is 17.8 Å². The fourth-order valence-electron chi connectivity index (χ4n) is 1.48. The molecule has 3 heteroatoms. The molecule has 1 rings (SSSR count). The third kappa shape index (κ3) is 5.37. The van der Waals surface area contributed by atoms with Crippen molar-refractivity contribution >= 4 is 22.0 Å². The standard InChI is InChI=1S/C14H19BrO2/c1-14(2,16)9-5-4-6-11-10-12(15)7-8-13(11)17-3/h4,6-8,10,16H,5,9H2,1-3H3/b6-4+. The van der Waals surface area contributed by atoms with Gasteiger partial charge in [0.25, 0.3) is 0 Å². The van der Waals surface area contributed by atoms with Crippen LogP contribution in [0.1, 0.15) is 32.3 Å². The van der Waals surface area contributed by atoms with Crippen molar-refractivity contribution in [1.29, 1.82) is 0 Å². The van der Waals surface area contributed by atoms with Crippen LogP contribution in [0.4, 0.5) is 0 Å². The molecule has 1 N–H and O–H groups in total. The molecular weight excluding hydrogens is 280 g/mol. The van der Waals surface area contributed by atoms with E-state index in [1.807, 2.05) is 38.1 Å². The first kappa shape index (κ1) is 14.3. The Morgan fingerprint density at radius 2 is 2.12 bits per heavy atom. The van der Waals surface area contributed by atoms with Gasteiger partial charge >= 0.3 is 0 Å². The summed E-state index contributed by atoms with van der Waals surface area (Å²) in [5.74, 6) is 0.854. The minimum atomic E-state index is -0.605. The van der Waals surface area contributed by atoms with E-state index in [9.17, 15) is 5.11 Å². The van der Waals surface area contributed by atoms with Gasteiger partial charge in [0.2, 0.25) is 0 Å². The molecule has 0 saturated heterocycles. The third-order valence-corrected chi connectivity index (χ3v) is 2.91. The van der Waals surface area contributed by atoms with E-state index >= 15 is 0 Å². The van der Waals surface area contributed by atoms with Crippen molar-refractivity contribution in [2.75, 3.05) is 7.11 Å². The van der Waals surface area contributed by atoms with Crippen LogP contribution < -0.4 is 4.74 Å². The highest BCUT2D eigenvalue weighted by Gasteiger charge is 2.09. The van der Waals surface area contributed by atoms with E-state index in [0.29, 0.717) is 0 Å². The summed E-state index contributed by atoms with van der Waals surface area (Å²) in [6.07, 6.45) is 5.68. The van der Waals surface area contributed by atoms with Gasteiger partial charge < -0.3 is 9.84 Å². The van der Waals surface area contributed by atoms with Crippen molar-refractivity contribution in [2.24, 2.45) is 0 Å². The molecule has 2 nitrogen and oxygen atoms in total. The average molecular weight is 299 g/mol. The molecule has 0 fully saturated rings. The second-order valence-corrected chi connectivity index (χ2v) is 5.56. The van der Waals surface area contributed by atoms with Crippen LogP contribution in [0.3, 0.4) is 0 Å². The molecule has 0 atom stereocenters. The summed E-state index contributed by atoms with van der Waals surface area (Å²) in [4.78, 5) is 0. The van der Waals surface area contributed by atoms with Crippen LogP contribution in [0.15, 0.2) is 28.7 Å².